The Hall–Kier alpha value is -2.07. The number of amides is 1. The highest BCUT2D eigenvalue weighted by Crippen LogP contribution is 2.24. The minimum absolute atomic E-state index is 0.0438. The van der Waals surface area contributed by atoms with E-state index in [1.807, 2.05) is 6.07 Å². The lowest BCUT2D eigenvalue weighted by atomic mass is 10.2. The van der Waals surface area contributed by atoms with Crippen LogP contribution in [-0.4, -0.2) is 20.6 Å². The van der Waals surface area contributed by atoms with Gasteiger partial charge in [-0.05, 0) is 36.4 Å². The van der Waals surface area contributed by atoms with Gasteiger partial charge in [0.25, 0.3) is 5.91 Å². The number of rotatable bonds is 3. The molecule has 23 heavy (non-hydrogen) atoms. The number of anilines is 1. The molecule has 118 valence electrons. The Balaban J connectivity index is 2.34. The van der Waals surface area contributed by atoms with Gasteiger partial charge in [-0.3, -0.25) is 4.79 Å². The fourth-order valence-corrected chi connectivity index (χ4v) is 3.28. The van der Waals surface area contributed by atoms with Crippen LogP contribution in [-0.2, 0) is 9.84 Å². The van der Waals surface area contributed by atoms with Crippen LogP contribution in [0.3, 0.4) is 0 Å². The van der Waals surface area contributed by atoms with Crippen molar-refractivity contribution in [1.82, 2.24) is 0 Å². The highest BCUT2D eigenvalue weighted by atomic mass is 35.5. The second-order valence-corrected chi connectivity index (χ2v) is 7.48. The largest absolute Gasteiger partial charge is 0.322 e. The molecule has 0 bridgehead atoms. The van der Waals surface area contributed by atoms with E-state index in [9.17, 15) is 13.2 Å². The van der Waals surface area contributed by atoms with Gasteiger partial charge in [-0.1, -0.05) is 23.2 Å². The second kappa shape index (κ2) is 6.59. The zero-order valence-electron chi connectivity index (χ0n) is 11.8. The summed E-state index contributed by atoms with van der Waals surface area (Å²) in [6.45, 7) is 0. The number of halogens is 2. The van der Waals surface area contributed by atoms with Gasteiger partial charge in [-0.25, -0.2) is 8.42 Å². The van der Waals surface area contributed by atoms with E-state index in [-0.39, 0.29) is 26.1 Å². The molecule has 0 saturated heterocycles. The number of nitrogens with one attached hydrogen (secondary N) is 1. The van der Waals surface area contributed by atoms with Crippen molar-refractivity contribution < 1.29 is 13.2 Å². The predicted molar refractivity (Wildman–Crippen MR) is 88.7 cm³/mol. The van der Waals surface area contributed by atoms with Crippen LogP contribution < -0.4 is 5.32 Å². The number of nitriles is 1. The van der Waals surface area contributed by atoms with Gasteiger partial charge in [0.2, 0.25) is 0 Å². The van der Waals surface area contributed by atoms with Gasteiger partial charge >= 0.3 is 0 Å². The lowest BCUT2D eigenvalue weighted by molar-refractivity contribution is 0.102. The highest BCUT2D eigenvalue weighted by Gasteiger charge is 2.16. The lowest BCUT2D eigenvalue weighted by Gasteiger charge is -2.08. The van der Waals surface area contributed by atoms with E-state index >= 15 is 0 Å². The summed E-state index contributed by atoms with van der Waals surface area (Å²) in [5.74, 6) is -0.530. The number of hydrogen-bond donors (Lipinski definition) is 1. The Kier molecular flexibility index (Phi) is 4.95. The molecule has 1 amide bonds. The van der Waals surface area contributed by atoms with E-state index in [1.165, 1.54) is 36.4 Å². The van der Waals surface area contributed by atoms with Gasteiger partial charge in [0.05, 0.1) is 20.5 Å². The first-order valence-electron chi connectivity index (χ1n) is 6.23. The molecule has 0 fully saturated rings. The van der Waals surface area contributed by atoms with Crippen molar-refractivity contribution in [1.29, 1.82) is 5.26 Å². The fourth-order valence-electron chi connectivity index (χ4n) is 1.82. The van der Waals surface area contributed by atoms with Gasteiger partial charge in [0.1, 0.15) is 6.07 Å². The van der Waals surface area contributed by atoms with Crippen LogP contribution >= 0.6 is 23.2 Å². The molecule has 0 aliphatic rings. The smallest absolute Gasteiger partial charge is 0.255 e. The summed E-state index contributed by atoms with van der Waals surface area (Å²) < 4.78 is 23.3. The van der Waals surface area contributed by atoms with E-state index < -0.39 is 15.7 Å². The van der Waals surface area contributed by atoms with Gasteiger partial charge < -0.3 is 5.32 Å². The van der Waals surface area contributed by atoms with Crippen molar-refractivity contribution in [3.8, 4) is 6.07 Å². The molecular weight excluding hydrogens is 359 g/mol. The molecule has 1 N–H and O–H groups in total. The molecule has 0 atom stereocenters. The van der Waals surface area contributed by atoms with E-state index in [1.54, 1.807) is 0 Å². The van der Waals surface area contributed by atoms with Gasteiger partial charge in [0.15, 0.2) is 9.84 Å². The van der Waals surface area contributed by atoms with Crippen LogP contribution in [0.1, 0.15) is 15.9 Å². The molecule has 5 nitrogen and oxygen atoms in total. The lowest BCUT2D eigenvalue weighted by Crippen LogP contribution is -2.13. The van der Waals surface area contributed by atoms with Crippen molar-refractivity contribution in [2.75, 3.05) is 11.6 Å². The van der Waals surface area contributed by atoms with Crippen molar-refractivity contribution in [3.63, 3.8) is 0 Å². The van der Waals surface area contributed by atoms with E-state index in [4.69, 9.17) is 28.5 Å². The molecule has 0 saturated carbocycles. The summed E-state index contributed by atoms with van der Waals surface area (Å²) in [4.78, 5) is 12.1. The second-order valence-electron chi connectivity index (χ2n) is 4.68. The Morgan fingerprint density at radius 2 is 1.78 bits per heavy atom. The topological polar surface area (TPSA) is 87.0 Å². The average molecular weight is 369 g/mol. The Labute approximate surface area is 143 Å². The van der Waals surface area contributed by atoms with Crippen molar-refractivity contribution in [2.45, 2.75) is 4.90 Å². The molecule has 0 unspecified atom stereocenters. The fraction of sp³-hybridized carbons (Fsp3) is 0.0667. The first kappa shape index (κ1) is 17.3. The maximum absolute atomic E-state index is 12.2. The predicted octanol–water partition coefficient (Wildman–Crippen LogP) is 3.52. The quantitative estimate of drug-likeness (QED) is 0.897. The van der Waals surface area contributed by atoms with Crippen LogP contribution in [0.25, 0.3) is 0 Å². The zero-order chi connectivity index (χ0) is 17.2. The molecule has 0 spiro atoms. The minimum Gasteiger partial charge on any atom is -0.322 e. The number of hydrogen-bond acceptors (Lipinski definition) is 4. The van der Waals surface area contributed by atoms with Crippen LogP contribution in [0.2, 0.25) is 10.0 Å². The molecular formula is C15H10Cl2N2O3S. The highest BCUT2D eigenvalue weighted by molar-refractivity contribution is 7.90. The number of carbonyl (C=O) groups is 1. The van der Waals surface area contributed by atoms with Crippen LogP contribution in [0.4, 0.5) is 5.69 Å². The Bertz CT molecular complexity index is 934. The van der Waals surface area contributed by atoms with Crippen molar-refractivity contribution in [3.05, 3.63) is 57.6 Å². The first-order valence-corrected chi connectivity index (χ1v) is 8.87. The molecule has 0 aliphatic carbocycles. The SMILES string of the molecule is CS(=O)(=O)c1cc(C(=O)Nc2ccc(Cl)c(C#N)c2)ccc1Cl. The van der Waals surface area contributed by atoms with Gasteiger partial charge in [0, 0.05) is 17.5 Å². The molecule has 0 aromatic heterocycles. The molecule has 8 heteroatoms. The summed E-state index contributed by atoms with van der Waals surface area (Å²) in [6, 6.07) is 10.3. The first-order chi connectivity index (χ1) is 10.7. The zero-order valence-corrected chi connectivity index (χ0v) is 14.1. The van der Waals surface area contributed by atoms with E-state index in [0.29, 0.717) is 5.69 Å². The third kappa shape index (κ3) is 4.02. The summed E-state index contributed by atoms with van der Waals surface area (Å²) in [5, 5.41) is 11.8. The summed E-state index contributed by atoms with van der Waals surface area (Å²) >= 11 is 11.7. The Morgan fingerprint density at radius 1 is 1.13 bits per heavy atom. The van der Waals surface area contributed by atoms with Crippen LogP contribution in [0.15, 0.2) is 41.3 Å². The number of benzene rings is 2. The summed E-state index contributed by atoms with van der Waals surface area (Å²) in [6.07, 6.45) is 1.01. The van der Waals surface area contributed by atoms with E-state index in [2.05, 4.69) is 5.32 Å². The average Bonchev–Trinajstić information content (AvgIpc) is 2.48. The third-order valence-corrected chi connectivity index (χ3v) is 4.85. The van der Waals surface area contributed by atoms with Crippen molar-refractivity contribution >= 4 is 44.6 Å². The molecule has 2 rings (SSSR count). The third-order valence-electron chi connectivity index (χ3n) is 2.94. The minimum atomic E-state index is -3.55. The van der Waals surface area contributed by atoms with E-state index in [0.717, 1.165) is 6.26 Å². The normalized spacial score (nSPS) is 10.9. The van der Waals surface area contributed by atoms with Crippen LogP contribution in [0.5, 0.6) is 0 Å². The van der Waals surface area contributed by atoms with Gasteiger partial charge in [-0.15, -0.1) is 0 Å². The molecule has 0 radical (unpaired) electrons. The molecule has 2 aromatic carbocycles. The molecule has 2 aromatic rings. The molecule has 0 aliphatic heterocycles. The van der Waals surface area contributed by atoms with Crippen molar-refractivity contribution in [2.24, 2.45) is 0 Å². The summed E-state index contributed by atoms with van der Waals surface area (Å²) in [5.41, 5.74) is 0.715. The van der Waals surface area contributed by atoms with Crippen LogP contribution in [0, 0.1) is 11.3 Å². The number of carbonyl (C=O) groups excluding carboxylic acids is 1. The maximum Gasteiger partial charge on any atom is 0.255 e. The number of nitrogens with zero attached hydrogens (tertiary/aromatic N) is 1. The molecule has 0 heterocycles. The maximum atomic E-state index is 12.2. The van der Waals surface area contributed by atoms with Gasteiger partial charge in [-0.2, -0.15) is 5.26 Å². The summed E-state index contributed by atoms with van der Waals surface area (Å²) in [7, 11) is -3.55. The number of sulfone groups is 1. The monoisotopic (exact) mass is 368 g/mol. The standard InChI is InChI=1S/C15H10Cl2N2O3S/c1-23(21,22)14-7-9(2-4-13(14)17)15(20)19-11-3-5-12(16)10(6-11)8-18/h2-7H,1H3,(H,19,20). The Morgan fingerprint density at radius 3 is 2.39 bits per heavy atom.